The first-order valence-electron chi connectivity index (χ1n) is 8.84. The van der Waals surface area contributed by atoms with Crippen molar-refractivity contribution in [3.05, 3.63) is 35.6 Å². The molecule has 0 heterocycles. The largest absolute Gasteiger partial charge is 0.480 e. The van der Waals surface area contributed by atoms with Gasteiger partial charge in [-0.25, -0.2) is 14.0 Å². The number of carbonyl (C=O) groups is 2. The lowest BCUT2D eigenvalue weighted by atomic mass is 9.82. The lowest BCUT2D eigenvalue weighted by Gasteiger charge is -2.39. The van der Waals surface area contributed by atoms with E-state index in [1.807, 2.05) is 13.8 Å². The molecule has 1 aromatic rings. The first-order valence-corrected chi connectivity index (χ1v) is 8.84. The van der Waals surface area contributed by atoms with Crippen LogP contribution in [-0.2, 0) is 9.53 Å². The SMILES string of the molecule is CC(C)C(c1ccc(F)cc1)C(C)N(C(=O)OC(C)(C)C)[C@@H](C)C(=O)O. The number of nitrogens with zero attached hydrogens (tertiary/aromatic N) is 1. The zero-order valence-electron chi connectivity index (χ0n) is 16.6. The van der Waals surface area contributed by atoms with Gasteiger partial charge in [0.25, 0.3) is 0 Å². The molecule has 0 saturated carbocycles. The van der Waals surface area contributed by atoms with Gasteiger partial charge in [0.2, 0.25) is 0 Å². The van der Waals surface area contributed by atoms with Crippen molar-refractivity contribution in [3.63, 3.8) is 0 Å². The summed E-state index contributed by atoms with van der Waals surface area (Å²) < 4.78 is 18.7. The number of amides is 1. The molecule has 1 aromatic carbocycles. The van der Waals surface area contributed by atoms with Crippen molar-refractivity contribution in [3.8, 4) is 0 Å². The first kappa shape index (κ1) is 21.9. The number of hydrogen-bond donors (Lipinski definition) is 1. The summed E-state index contributed by atoms with van der Waals surface area (Å²) >= 11 is 0. The maximum absolute atomic E-state index is 13.3. The monoisotopic (exact) mass is 367 g/mol. The van der Waals surface area contributed by atoms with E-state index in [4.69, 9.17) is 4.74 Å². The van der Waals surface area contributed by atoms with Crippen molar-refractivity contribution in [2.75, 3.05) is 0 Å². The molecule has 2 unspecified atom stereocenters. The molecule has 26 heavy (non-hydrogen) atoms. The van der Waals surface area contributed by atoms with Gasteiger partial charge in [-0.3, -0.25) is 4.90 Å². The number of hydrogen-bond acceptors (Lipinski definition) is 3. The number of aliphatic carboxylic acids is 1. The number of carboxylic acids is 1. The topological polar surface area (TPSA) is 66.8 Å². The average molecular weight is 367 g/mol. The highest BCUT2D eigenvalue weighted by Crippen LogP contribution is 2.33. The van der Waals surface area contributed by atoms with Crippen LogP contribution in [0.4, 0.5) is 9.18 Å². The summed E-state index contributed by atoms with van der Waals surface area (Å²) in [5.41, 5.74) is 0.108. The Bertz CT molecular complexity index is 622. The minimum atomic E-state index is -1.11. The van der Waals surface area contributed by atoms with Crippen LogP contribution in [0.1, 0.15) is 59.9 Å². The zero-order valence-corrected chi connectivity index (χ0v) is 16.6. The molecule has 0 fully saturated rings. The second-order valence-corrected chi connectivity index (χ2v) is 7.96. The predicted molar refractivity (Wildman–Crippen MR) is 98.6 cm³/mol. The summed E-state index contributed by atoms with van der Waals surface area (Å²) in [6, 6.07) is 4.58. The molecular formula is C20H30FNO4. The van der Waals surface area contributed by atoms with Crippen LogP contribution in [0.2, 0.25) is 0 Å². The highest BCUT2D eigenvalue weighted by atomic mass is 19.1. The van der Waals surface area contributed by atoms with Crippen molar-refractivity contribution in [1.29, 1.82) is 0 Å². The van der Waals surface area contributed by atoms with E-state index in [-0.39, 0.29) is 17.7 Å². The van der Waals surface area contributed by atoms with Crippen molar-refractivity contribution in [2.45, 2.75) is 72.1 Å². The molecular weight excluding hydrogens is 337 g/mol. The van der Waals surface area contributed by atoms with Crippen LogP contribution in [0.25, 0.3) is 0 Å². The van der Waals surface area contributed by atoms with Crippen molar-refractivity contribution in [2.24, 2.45) is 5.92 Å². The number of ether oxygens (including phenoxy) is 1. The van der Waals surface area contributed by atoms with E-state index >= 15 is 0 Å². The Labute approximate surface area is 155 Å². The van der Waals surface area contributed by atoms with Crippen LogP contribution in [0.3, 0.4) is 0 Å². The van der Waals surface area contributed by atoms with Gasteiger partial charge in [-0.2, -0.15) is 0 Å². The van der Waals surface area contributed by atoms with Gasteiger partial charge in [-0.05, 0) is 58.2 Å². The minimum Gasteiger partial charge on any atom is -0.480 e. The number of benzene rings is 1. The molecule has 0 radical (unpaired) electrons. The highest BCUT2D eigenvalue weighted by Gasteiger charge is 2.38. The van der Waals surface area contributed by atoms with E-state index in [9.17, 15) is 19.1 Å². The lowest BCUT2D eigenvalue weighted by Crippen LogP contribution is -2.52. The van der Waals surface area contributed by atoms with Crippen LogP contribution in [0.5, 0.6) is 0 Å². The molecule has 1 N–H and O–H groups in total. The zero-order chi connectivity index (χ0) is 20.2. The number of halogens is 1. The van der Waals surface area contributed by atoms with Gasteiger partial charge in [0.1, 0.15) is 17.5 Å². The molecule has 0 aromatic heterocycles. The Morgan fingerprint density at radius 2 is 1.58 bits per heavy atom. The van der Waals surface area contributed by atoms with Crippen LogP contribution >= 0.6 is 0 Å². The molecule has 0 aliphatic carbocycles. The summed E-state index contributed by atoms with van der Waals surface area (Å²) in [4.78, 5) is 25.6. The van der Waals surface area contributed by atoms with E-state index in [2.05, 4.69) is 0 Å². The molecule has 5 nitrogen and oxygen atoms in total. The Morgan fingerprint density at radius 1 is 1.08 bits per heavy atom. The fraction of sp³-hybridized carbons (Fsp3) is 0.600. The van der Waals surface area contributed by atoms with Gasteiger partial charge >= 0.3 is 12.1 Å². The summed E-state index contributed by atoms with van der Waals surface area (Å²) in [7, 11) is 0. The van der Waals surface area contributed by atoms with Gasteiger partial charge < -0.3 is 9.84 Å². The molecule has 6 heteroatoms. The van der Waals surface area contributed by atoms with E-state index in [1.54, 1.807) is 39.8 Å². The van der Waals surface area contributed by atoms with E-state index in [0.717, 1.165) is 5.56 Å². The van der Waals surface area contributed by atoms with Crippen LogP contribution in [0.15, 0.2) is 24.3 Å². The number of rotatable bonds is 6. The molecule has 1 rings (SSSR count). The maximum Gasteiger partial charge on any atom is 0.411 e. The lowest BCUT2D eigenvalue weighted by molar-refractivity contribution is -0.143. The minimum absolute atomic E-state index is 0.0985. The summed E-state index contributed by atoms with van der Waals surface area (Å²) in [6.45, 7) is 12.5. The van der Waals surface area contributed by atoms with E-state index in [0.29, 0.717) is 0 Å². The van der Waals surface area contributed by atoms with Gasteiger partial charge in [0, 0.05) is 12.0 Å². The third kappa shape index (κ3) is 5.71. The first-order chi connectivity index (χ1) is 11.8. The molecule has 1 amide bonds. The van der Waals surface area contributed by atoms with Gasteiger partial charge in [-0.15, -0.1) is 0 Å². The second kappa shape index (κ2) is 8.52. The summed E-state index contributed by atoms with van der Waals surface area (Å²) in [5, 5.41) is 9.48. The van der Waals surface area contributed by atoms with Crippen molar-refractivity contribution < 1.29 is 23.8 Å². The van der Waals surface area contributed by atoms with E-state index in [1.165, 1.54) is 24.0 Å². The standard InChI is InChI=1S/C20H30FNO4/c1-12(2)17(15-8-10-16(21)11-9-15)13(3)22(14(4)18(23)24)19(25)26-20(5,6)7/h8-14,17H,1-7H3,(H,23,24)/t13?,14-,17?/m0/s1. The molecule has 0 bridgehead atoms. The Morgan fingerprint density at radius 3 is 1.96 bits per heavy atom. The van der Waals surface area contributed by atoms with Crippen LogP contribution in [-0.4, -0.2) is 39.8 Å². The Balaban J connectivity index is 3.29. The predicted octanol–water partition coefficient (Wildman–Crippen LogP) is 4.66. The molecule has 146 valence electrons. The molecule has 0 spiro atoms. The fourth-order valence-electron chi connectivity index (χ4n) is 3.19. The summed E-state index contributed by atoms with van der Waals surface area (Å²) in [5.74, 6) is -1.53. The Kier molecular flexibility index (Phi) is 7.18. The van der Waals surface area contributed by atoms with Gasteiger partial charge in [0.05, 0.1) is 0 Å². The third-order valence-corrected chi connectivity index (χ3v) is 4.31. The highest BCUT2D eigenvalue weighted by molar-refractivity contribution is 5.80. The van der Waals surface area contributed by atoms with Crippen LogP contribution < -0.4 is 0 Å². The molecule has 0 aliphatic rings. The average Bonchev–Trinajstić information content (AvgIpc) is 2.47. The van der Waals surface area contributed by atoms with Gasteiger partial charge in [0.15, 0.2) is 0 Å². The summed E-state index contributed by atoms with van der Waals surface area (Å²) in [6.07, 6.45) is -0.673. The van der Waals surface area contributed by atoms with Crippen molar-refractivity contribution >= 4 is 12.1 Å². The molecule has 0 saturated heterocycles. The maximum atomic E-state index is 13.3. The molecule has 3 atom stereocenters. The molecule has 0 aliphatic heterocycles. The third-order valence-electron chi connectivity index (χ3n) is 4.31. The van der Waals surface area contributed by atoms with Crippen molar-refractivity contribution in [1.82, 2.24) is 4.90 Å². The second-order valence-electron chi connectivity index (χ2n) is 7.96. The Hall–Kier alpha value is -2.11. The fourth-order valence-corrected chi connectivity index (χ4v) is 3.19. The number of carbonyl (C=O) groups excluding carboxylic acids is 1. The van der Waals surface area contributed by atoms with Gasteiger partial charge in [-0.1, -0.05) is 26.0 Å². The number of carboxylic acid groups (broad SMARTS) is 1. The van der Waals surface area contributed by atoms with E-state index < -0.39 is 29.7 Å². The smallest absolute Gasteiger partial charge is 0.411 e. The quantitative estimate of drug-likeness (QED) is 0.794. The normalized spacial score (nSPS) is 15.3. The van der Waals surface area contributed by atoms with Crippen LogP contribution in [0, 0.1) is 11.7 Å².